The summed E-state index contributed by atoms with van der Waals surface area (Å²) in [7, 11) is 3.23. The van der Waals surface area contributed by atoms with Crippen LogP contribution in [0.2, 0.25) is 0 Å². The number of halogens is 2. The molecule has 0 aliphatic rings. The molecule has 8 heteroatoms. The molecule has 0 saturated heterocycles. The SMILES string of the molecule is CC(C)n1c2ccccc2c2c1cc(C(=O)NCc1ccc(F)cc1F)n2C(=O)N(C)C. The summed E-state index contributed by atoms with van der Waals surface area (Å²) in [6.45, 7) is 3.93. The summed E-state index contributed by atoms with van der Waals surface area (Å²) in [5.41, 5.74) is 2.67. The standard InChI is InChI=1S/C24H24F2N4O2/c1-14(2)29-19-8-6-5-7-17(19)22-20(29)12-21(30(22)24(32)28(3)4)23(31)27-13-15-9-10-16(25)11-18(15)26/h5-12,14H,13H2,1-4H3,(H,27,31). The molecule has 4 rings (SSSR count). The van der Waals surface area contributed by atoms with Gasteiger partial charge >= 0.3 is 6.03 Å². The van der Waals surface area contributed by atoms with Crippen LogP contribution in [0, 0.1) is 11.6 Å². The van der Waals surface area contributed by atoms with Crippen LogP contribution in [0.4, 0.5) is 13.6 Å². The van der Waals surface area contributed by atoms with Gasteiger partial charge in [0.25, 0.3) is 5.91 Å². The summed E-state index contributed by atoms with van der Waals surface area (Å²) in [5.74, 6) is -1.96. The summed E-state index contributed by atoms with van der Waals surface area (Å²) in [4.78, 5) is 27.7. The third-order valence-corrected chi connectivity index (χ3v) is 5.44. The lowest BCUT2D eigenvalue weighted by atomic mass is 10.2. The molecule has 0 saturated carbocycles. The maximum atomic E-state index is 14.0. The number of hydrogen-bond donors (Lipinski definition) is 1. The highest BCUT2D eigenvalue weighted by atomic mass is 19.1. The lowest BCUT2D eigenvalue weighted by molar-refractivity contribution is 0.0942. The van der Waals surface area contributed by atoms with Crippen molar-refractivity contribution in [1.29, 1.82) is 0 Å². The van der Waals surface area contributed by atoms with E-state index in [4.69, 9.17) is 0 Å². The average Bonchev–Trinajstić information content (AvgIpc) is 3.26. The van der Waals surface area contributed by atoms with Crippen LogP contribution in [0.25, 0.3) is 21.9 Å². The third kappa shape index (κ3) is 3.51. The monoisotopic (exact) mass is 438 g/mol. The highest BCUT2D eigenvalue weighted by Gasteiger charge is 2.26. The Kier molecular flexibility index (Phi) is 5.46. The van der Waals surface area contributed by atoms with Gasteiger partial charge in [-0.05, 0) is 32.0 Å². The number of hydrogen-bond acceptors (Lipinski definition) is 2. The maximum absolute atomic E-state index is 14.0. The number of nitrogens with one attached hydrogen (secondary N) is 1. The Morgan fingerprint density at radius 1 is 1.03 bits per heavy atom. The van der Waals surface area contributed by atoms with Crippen LogP contribution in [0.3, 0.4) is 0 Å². The maximum Gasteiger partial charge on any atom is 0.328 e. The number of rotatable bonds is 4. The first-order valence-electron chi connectivity index (χ1n) is 10.3. The molecule has 2 aromatic heterocycles. The number of para-hydroxylation sites is 1. The number of nitrogens with zero attached hydrogens (tertiary/aromatic N) is 3. The van der Waals surface area contributed by atoms with Crippen LogP contribution in [0.1, 0.15) is 35.9 Å². The minimum atomic E-state index is -0.743. The Morgan fingerprint density at radius 3 is 2.41 bits per heavy atom. The van der Waals surface area contributed by atoms with E-state index in [1.54, 1.807) is 20.2 Å². The van der Waals surface area contributed by atoms with Crippen LogP contribution in [0.5, 0.6) is 0 Å². The minimum absolute atomic E-state index is 0.0898. The highest BCUT2D eigenvalue weighted by Crippen LogP contribution is 2.34. The van der Waals surface area contributed by atoms with E-state index in [9.17, 15) is 18.4 Å². The molecule has 0 aliphatic carbocycles. The van der Waals surface area contributed by atoms with E-state index >= 15 is 0 Å². The summed E-state index contributed by atoms with van der Waals surface area (Å²) in [6.07, 6.45) is 0. The fourth-order valence-electron chi connectivity index (χ4n) is 4.01. The predicted octanol–water partition coefficient (Wildman–Crippen LogP) is 4.91. The Morgan fingerprint density at radius 2 is 1.75 bits per heavy atom. The number of benzene rings is 2. The van der Waals surface area contributed by atoms with Crippen molar-refractivity contribution in [3.05, 3.63) is 71.4 Å². The molecule has 0 atom stereocenters. The second-order valence-electron chi connectivity index (χ2n) is 8.18. The van der Waals surface area contributed by atoms with Crippen molar-refractivity contribution in [2.24, 2.45) is 0 Å². The van der Waals surface area contributed by atoms with E-state index in [1.165, 1.54) is 15.5 Å². The number of amides is 2. The second-order valence-corrected chi connectivity index (χ2v) is 8.18. The van der Waals surface area contributed by atoms with E-state index < -0.39 is 17.5 Å². The molecule has 0 unspecified atom stereocenters. The summed E-state index contributed by atoms with van der Waals surface area (Å²) in [6, 6.07) is 12.3. The largest absolute Gasteiger partial charge is 0.347 e. The van der Waals surface area contributed by atoms with Crippen molar-refractivity contribution >= 4 is 33.9 Å². The number of carbonyl (C=O) groups excluding carboxylic acids is 2. The number of aromatic nitrogens is 2. The van der Waals surface area contributed by atoms with Crippen LogP contribution < -0.4 is 5.32 Å². The fourth-order valence-corrected chi connectivity index (χ4v) is 4.01. The van der Waals surface area contributed by atoms with Gasteiger partial charge in [0.2, 0.25) is 0 Å². The molecule has 2 amide bonds. The topological polar surface area (TPSA) is 59.3 Å². The average molecular weight is 438 g/mol. The van der Waals surface area contributed by atoms with Gasteiger partial charge in [-0.25, -0.2) is 13.6 Å². The van der Waals surface area contributed by atoms with Gasteiger partial charge in [-0.15, -0.1) is 0 Å². The summed E-state index contributed by atoms with van der Waals surface area (Å²) in [5, 5.41) is 3.51. The zero-order valence-electron chi connectivity index (χ0n) is 18.3. The first-order chi connectivity index (χ1) is 15.2. The van der Waals surface area contributed by atoms with Gasteiger partial charge in [-0.3, -0.25) is 9.36 Å². The number of fused-ring (bicyclic) bond motifs is 3. The fraction of sp³-hybridized carbons (Fsp3) is 0.250. The lowest BCUT2D eigenvalue weighted by Crippen LogP contribution is -2.33. The molecule has 0 fully saturated rings. The quantitative estimate of drug-likeness (QED) is 0.492. The second kappa shape index (κ2) is 8.11. The van der Waals surface area contributed by atoms with Gasteiger partial charge in [0.15, 0.2) is 0 Å². The summed E-state index contributed by atoms with van der Waals surface area (Å²) < 4.78 is 30.6. The molecule has 4 aromatic rings. The molecular weight excluding hydrogens is 414 g/mol. The van der Waals surface area contributed by atoms with Gasteiger partial charge in [-0.2, -0.15) is 0 Å². The van der Waals surface area contributed by atoms with E-state index in [0.717, 1.165) is 28.6 Å². The smallest absolute Gasteiger partial charge is 0.328 e. The van der Waals surface area contributed by atoms with Gasteiger partial charge in [-0.1, -0.05) is 24.3 Å². The molecule has 0 aliphatic heterocycles. The van der Waals surface area contributed by atoms with Crippen molar-refractivity contribution in [2.45, 2.75) is 26.4 Å². The Labute approximate surface area is 184 Å². The number of carbonyl (C=O) groups is 2. The molecule has 2 heterocycles. The molecule has 166 valence electrons. The molecule has 0 radical (unpaired) electrons. The van der Waals surface area contributed by atoms with Crippen LogP contribution in [-0.4, -0.2) is 40.1 Å². The first kappa shape index (κ1) is 21.5. The Hall–Kier alpha value is -3.68. The van der Waals surface area contributed by atoms with Gasteiger partial charge < -0.3 is 14.8 Å². The van der Waals surface area contributed by atoms with Crippen molar-refractivity contribution in [3.8, 4) is 0 Å². The van der Waals surface area contributed by atoms with E-state index in [-0.39, 0.29) is 29.9 Å². The molecule has 1 N–H and O–H groups in total. The zero-order chi connectivity index (χ0) is 23.2. The van der Waals surface area contributed by atoms with Gasteiger partial charge in [0.05, 0.1) is 16.6 Å². The lowest BCUT2D eigenvalue weighted by Gasteiger charge is -2.15. The first-order valence-corrected chi connectivity index (χ1v) is 10.3. The van der Waals surface area contributed by atoms with Crippen molar-refractivity contribution < 1.29 is 18.4 Å². The van der Waals surface area contributed by atoms with Crippen LogP contribution >= 0.6 is 0 Å². The predicted molar refractivity (Wildman–Crippen MR) is 120 cm³/mol. The van der Waals surface area contributed by atoms with Gasteiger partial charge in [0.1, 0.15) is 17.3 Å². The van der Waals surface area contributed by atoms with E-state index in [1.807, 2.05) is 38.1 Å². The molecular formula is C24H24F2N4O2. The van der Waals surface area contributed by atoms with Crippen LogP contribution in [0.15, 0.2) is 48.5 Å². The molecule has 2 aromatic carbocycles. The Bertz CT molecular complexity index is 1350. The van der Waals surface area contributed by atoms with Crippen molar-refractivity contribution in [2.75, 3.05) is 14.1 Å². The van der Waals surface area contributed by atoms with E-state index in [0.29, 0.717) is 5.52 Å². The summed E-state index contributed by atoms with van der Waals surface area (Å²) >= 11 is 0. The molecule has 6 nitrogen and oxygen atoms in total. The molecule has 0 spiro atoms. The van der Waals surface area contributed by atoms with Crippen molar-refractivity contribution in [3.63, 3.8) is 0 Å². The normalized spacial score (nSPS) is 11.5. The Balaban J connectivity index is 1.85. The molecule has 32 heavy (non-hydrogen) atoms. The van der Waals surface area contributed by atoms with Crippen LogP contribution in [-0.2, 0) is 6.54 Å². The third-order valence-electron chi connectivity index (χ3n) is 5.44. The van der Waals surface area contributed by atoms with E-state index in [2.05, 4.69) is 9.88 Å². The molecule has 0 bridgehead atoms. The zero-order valence-corrected chi connectivity index (χ0v) is 18.3. The highest BCUT2D eigenvalue weighted by molar-refractivity contribution is 6.14. The van der Waals surface area contributed by atoms with Gasteiger partial charge in [0, 0.05) is 43.7 Å². The van der Waals surface area contributed by atoms with Crippen molar-refractivity contribution in [1.82, 2.24) is 19.4 Å². The minimum Gasteiger partial charge on any atom is -0.347 e.